The molecule has 0 saturated carbocycles. The number of nitrogens with zero attached hydrogens (tertiary/aromatic N) is 4. The first-order valence-electron chi connectivity index (χ1n) is 20.8. The summed E-state index contributed by atoms with van der Waals surface area (Å²) in [6.45, 7) is 0. The third-order valence-electron chi connectivity index (χ3n) is 11.9. The molecule has 3 aromatic heterocycles. The fourth-order valence-electron chi connectivity index (χ4n) is 8.81. The molecule has 12 rings (SSSR count). The van der Waals surface area contributed by atoms with Gasteiger partial charge in [-0.05, 0) is 69.8 Å². The molecule has 0 unspecified atom stereocenters. The van der Waals surface area contributed by atoms with E-state index in [0.717, 1.165) is 83.0 Å². The zero-order valence-electron chi connectivity index (χ0n) is 33.5. The molecule has 290 valence electrons. The summed E-state index contributed by atoms with van der Waals surface area (Å²) in [4.78, 5) is 15.5. The normalized spacial score (nSPS) is 11.5. The van der Waals surface area contributed by atoms with E-state index in [2.05, 4.69) is 211 Å². The lowest BCUT2D eigenvalue weighted by molar-refractivity contribution is 0.670. The van der Waals surface area contributed by atoms with Gasteiger partial charge in [-0.25, -0.2) is 15.0 Å². The lowest BCUT2D eigenvalue weighted by Gasteiger charge is -2.10. The van der Waals surface area contributed by atoms with Crippen LogP contribution in [0.15, 0.2) is 223 Å². The van der Waals surface area contributed by atoms with Crippen LogP contribution >= 0.6 is 0 Å². The summed E-state index contributed by atoms with van der Waals surface area (Å²) in [5.41, 5.74) is 14.3. The Labute approximate surface area is 357 Å². The van der Waals surface area contributed by atoms with Crippen LogP contribution in [-0.2, 0) is 0 Å². The van der Waals surface area contributed by atoms with Gasteiger partial charge in [-0.3, -0.25) is 0 Å². The van der Waals surface area contributed by atoms with Crippen molar-refractivity contribution >= 4 is 43.7 Å². The second-order valence-electron chi connectivity index (χ2n) is 15.6. The van der Waals surface area contributed by atoms with Gasteiger partial charge in [0.15, 0.2) is 17.5 Å². The average Bonchev–Trinajstić information content (AvgIpc) is 3.89. The Morgan fingerprint density at radius 1 is 0.306 bits per heavy atom. The van der Waals surface area contributed by atoms with Gasteiger partial charge in [-0.1, -0.05) is 176 Å². The number of aromatic nitrogens is 4. The predicted octanol–water partition coefficient (Wildman–Crippen LogP) is 14.9. The minimum Gasteiger partial charge on any atom is -0.455 e. The third kappa shape index (κ3) is 6.14. The molecule has 0 aliphatic rings. The van der Waals surface area contributed by atoms with Crippen LogP contribution in [0.1, 0.15) is 0 Å². The van der Waals surface area contributed by atoms with Crippen LogP contribution in [0.4, 0.5) is 0 Å². The van der Waals surface area contributed by atoms with Gasteiger partial charge in [0.1, 0.15) is 11.2 Å². The molecule has 0 fully saturated rings. The van der Waals surface area contributed by atoms with E-state index in [9.17, 15) is 0 Å². The minimum atomic E-state index is 0.546. The molecule has 0 aliphatic carbocycles. The molecule has 5 nitrogen and oxygen atoms in total. The van der Waals surface area contributed by atoms with E-state index in [1.165, 1.54) is 16.5 Å². The summed E-state index contributed by atoms with van der Waals surface area (Å²) in [7, 11) is 0. The fraction of sp³-hybridized carbons (Fsp3) is 0. The first-order valence-corrected chi connectivity index (χ1v) is 20.8. The molecule has 0 bridgehead atoms. The molecule has 0 spiro atoms. The molecule has 0 radical (unpaired) electrons. The summed E-state index contributed by atoms with van der Waals surface area (Å²) in [5, 5.41) is 4.39. The van der Waals surface area contributed by atoms with Crippen molar-refractivity contribution in [3.05, 3.63) is 218 Å². The van der Waals surface area contributed by atoms with Crippen LogP contribution in [0, 0.1) is 0 Å². The van der Waals surface area contributed by atoms with E-state index in [4.69, 9.17) is 19.4 Å². The zero-order chi connectivity index (χ0) is 41.0. The highest BCUT2D eigenvalue weighted by Gasteiger charge is 2.21. The lowest BCUT2D eigenvalue weighted by Crippen LogP contribution is -2.00. The molecular weight excluding hydrogens is 757 g/mol. The molecule has 0 N–H and O–H groups in total. The molecule has 5 heteroatoms. The maximum absolute atomic E-state index is 6.93. The molecule has 12 aromatic rings. The molecule has 62 heavy (non-hydrogen) atoms. The van der Waals surface area contributed by atoms with E-state index < -0.39 is 0 Å². The van der Waals surface area contributed by atoms with Gasteiger partial charge in [0.25, 0.3) is 0 Å². The van der Waals surface area contributed by atoms with E-state index >= 15 is 0 Å². The smallest absolute Gasteiger partial charge is 0.167 e. The second-order valence-corrected chi connectivity index (χ2v) is 15.6. The predicted molar refractivity (Wildman–Crippen MR) is 254 cm³/mol. The topological polar surface area (TPSA) is 56.7 Å². The van der Waals surface area contributed by atoms with Crippen molar-refractivity contribution in [3.8, 4) is 73.2 Å². The summed E-state index contributed by atoms with van der Waals surface area (Å²) in [6, 6.07) is 76.3. The fourth-order valence-corrected chi connectivity index (χ4v) is 8.81. The monoisotopic (exact) mass is 792 g/mol. The van der Waals surface area contributed by atoms with Gasteiger partial charge in [-0.15, -0.1) is 0 Å². The molecule has 0 aliphatic heterocycles. The molecule has 0 amide bonds. The van der Waals surface area contributed by atoms with Gasteiger partial charge in [-0.2, -0.15) is 0 Å². The quantitative estimate of drug-likeness (QED) is 0.161. The first-order chi connectivity index (χ1) is 30.7. The average molecular weight is 793 g/mol. The minimum absolute atomic E-state index is 0.546. The number of fused-ring (bicyclic) bond motifs is 6. The van der Waals surface area contributed by atoms with Crippen LogP contribution in [0.5, 0.6) is 0 Å². The lowest BCUT2D eigenvalue weighted by atomic mass is 10.0. The zero-order valence-corrected chi connectivity index (χ0v) is 33.5. The Morgan fingerprint density at radius 3 is 1.50 bits per heavy atom. The van der Waals surface area contributed by atoms with Crippen molar-refractivity contribution in [1.82, 2.24) is 19.5 Å². The van der Waals surface area contributed by atoms with Crippen LogP contribution < -0.4 is 0 Å². The van der Waals surface area contributed by atoms with E-state index in [1.54, 1.807) is 0 Å². The molecule has 3 heterocycles. The van der Waals surface area contributed by atoms with Crippen LogP contribution in [0.2, 0.25) is 0 Å². The van der Waals surface area contributed by atoms with E-state index in [1.807, 2.05) is 12.1 Å². The Morgan fingerprint density at radius 2 is 0.806 bits per heavy atom. The van der Waals surface area contributed by atoms with E-state index in [-0.39, 0.29) is 0 Å². The first kappa shape index (κ1) is 35.5. The SMILES string of the molecule is c1ccc(-c2ccc(-c3nc(-c4cccc(-c5ccccc5)c4)nc(-c4cccc5c4oc4cc6c(cc45)c4ccccc4n6-c4ccc(-c5ccccc5)cc4)n3)cc2)cc1. The van der Waals surface area contributed by atoms with Crippen LogP contribution in [0.25, 0.3) is 117 Å². The third-order valence-corrected chi connectivity index (χ3v) is 11.9. The van der Waals surface area contributed by atoms with Crippen molar-refractivity contribution < 1.29 is 4.42 Å². The highest BCUT2D eigenvalue weighted by atomic mass is 16.3. The second kappa shape index (κ2) is 14.7. The number of benzene rings is 9. The summed E-state index contributed by atoms with van der Waals surface area (Å²) >= 11 is 0. The molecule has 9 aromatic carbocycles. The number of rotatable bonds is 7. The van der Waals surface area contributed by atoms with Crippen molar-refractivity contribution in [1.29, 1.82) is 0 Å². The van der Waals surface area contributed by atoms with Crippen molar-refractivity contribution in [2.75, 3.05) is 0 Å². The van der Waals surface area contributed by atoms with Crippen molar-refractivity contribution in [2.45, 2.75) is 0 Å². The number of furan rings is 1. The van der Waals surface area contributed by atoms with Crippen molar-refractivity contribution in [2.24, 2.45) is 0 Å². The largest absolute Gasteiger partial charge is 0.455 e. The van der Waals surface area contributed by atoms with Gasteiger partial charge < -0.3 is 8.98 Å². The molecule has 0 saturated heterocycles. The number of hydrogen-bond donors (Lipinski definition) is 0. The Hall–Kier alpha value is -8.41. The standard InChI is InChI=1S/C57H36N4O/c1-4-14-37(15-5-1)40-26-28-42(29-27-40)55-58-56(44-21-12-20-43(34-44)39-18-8-3-9-19-39)60-57(59-55)48-24-13-23-47-50-35-49-46-22-10-11-25-51(46)61(52(49)36-53(50)62-54(47)48)45-32-30-41(31-33-45)38-16-6-2-7-17-38/h1-36H. The van der Waals surface area contributed by atoms with Gasteiger partial charge >= 0.3 is 0 Å². The Bertz CT molecular complexity index is 3590. The number of para-hydroxylation sites is 2. The van der Waals surface area contributed by atoms with E-state index in [0.29, 0.717) is 17.5 Å². The van der Waals surface area contributed by atoms with Gasteiger partial charge in [0.05, 0.1) is 16.6 Å². The summed E-state index contributed by atoms with van der Waals surface area (Å²) in [5.74, 6) is 1.73. The van der Waals surface area contributed by atoms with Crippen LogP contribution in [0.3, 0.4) is 0 Å². The maximum Gasteiger partial charge on any atom is 0.167 e. The number of hydrogen-bond acceptors (Lipinski definition) is 4. The maximum atomic E-state index is 6.93. The Kier molecular flexibility index (Phi) is 8.42. The highest BCUT2D eigenvalue weighted by molar-refractivity contribution is 6.18. The summed E-state index contributed by atoms with van der Waals surface area (Å²) < 4.78 is 9.27. The molecular formula is C57H36N4O. The van der Waals surface area contributed by atoms with Crippen LogP contribution in [-0.4, -0.2) is 19.5 Å². The summed E-state index contributed by atoms with van der Waals surface area (Å²) in [6.07, 6.45) is 0. The van der Waals surface area contributed by atoms with Gasteiger partial charge in [0, 0.05) is 44.4 Å². The van der Waals surface area contributed by atoms with Crippen molar-refractivity contribution in [3.63, 3.8) is 0 Å². The highest BCUT2D eigenvalue weighted by Crippen LogP contribution is 2.41. The van der Waals surface area contributed by atoms with Gasteiger partial charge in [0.2, 0.25) is 0 Å². The molecule has 0 atom stereocenters. The Balaban J connectivity index is 1.02.